The standard InChI is InChI=1S/C9H17NO3/c1-9(2,12)6-10-8(11)7-4-3-5-13-7/h7,12H,3-6H2,1-2H3,(H,10,11)/t7-/m0/s1. The molecule has 0 aromatic carbocycles. The molecule has 4 heteroatoms. The number of nitrogens with one attached hydrogen (secondary N) is 1. The van der Waals surface area contributed by atoms with Crippen LogP contribution in [0, 0.1) is 0 Å². The van der Waals surface area contributed by atoms with E-state index in [0.717, 1.165) is 12.8 Å². The number of hydrogen-bond acceptors (Lipinski definition) is 3. The van der Waals surface area contributed by atoms with E-state index in [2.05, 4.69) is 5.32 Å². The summed E-state index contributed by atoms with van der Waals surface area (Å²) >= 11 is 0. The topological polar surface area (TPSA) is 58.6 Å². The van der Waals surface area contributed by atoms with E-state index < -0.39 is 5.60 Å². The van der Waals surface area contributed by atoms with Gasteiger partial charge in [0.2, 0.25) is 5.91 Å². The minimum absolute atomic E-state index is 0.111. The summed E-state index contributed by atoms with van der Waals surface area (Å²) < 4.78 is 5.19. The molecule has 0 radical (unpaired) electrons. The Labute approximate surface area is 78.3 Å². The first-order valence-electron chi connectivity index (χ1n) is 4.61. The Kier molecular flexibility index (Phi) is 3.27. The molecule has 1 rings (SSSR count). The smallest absolute Gasteiger partial charge is 0.249 e. The van der Waals surface area contributed by atoms with E-state index in [4.69, 9.17) is 4.74 Å². The van der Waals surface area contributed by atoms with Gasteiger partial charge < -0.3 is 15.2 Å². The molecule has 0 bridgehead atoms. The highest BCUT2D eigenvalue weighted by Gasteiger charge is 2.24. The third kappa shape index (κ3) is 3.74. The fourth-order valence-corrected chi connectivity index (χ4v) is 1.20. The Balaban J connectivity index is 2.25. The van der Waals surface area contributed by atoms with Crippen molar-refractivity contribution in [3.05, 3.63) is 0 Å². The second kappa shape index (κ2) is 4.07. The lowest BCUT2D eigenvalue weighted by molar-refractivity contribution is -0.131. The van der Waals surface area contributed by atoms with E-state index in [1.807, 2.05) is 0 Å². The van der Waals surface area contributed by atoms with Crippen LogP contribution >= 0.6 is 0 Å². The van der Waals surface area contributed by atoms with Crippen molar-refractivity contribution >= 4 is 5.91 Å². The Morgan fingerprint density at radius 1 is 1.69 bits per heavy atom. The SMILES string of the molecule is CC(C)(O)CNC(=O)[C@@H]1CCCO1. The molecule has 1 amide bonds. The van der Waals surface area contributed by atoms with Gasteiger partial charge in [-0.1, -0.05) is 0 Å². The molecule has 1 fully saturated rings. The Morgan fingerprint density at radius 2 is 2.38 bits per heavy atom. The van der Waals surface area contributed by atoms with Crippen molar-refractivity contribution in [1.29, 1.82) is 0 Å². The largest absolute Gasteiger partial charge is 0.389 e. The average Bonchev–Trinajstić information content (AvgIpc) is 2.50. The second-order valence-electron chi connectivity index (χ2n) is 4.03. The molecule has 1 aliphatic rings. The van der Waals surface area contributed by atoms with Gasteiger partial charge in [-0.3, -0.25) is 4.79 Å². The van der Waals surface area contributed by atoms with E-state index >= 15 is 0 Å². The highest BCUT2D eigenvalue weighted by atomic mass is 16.5. The van der Waals surface area contributed by atoms with Crippen molar-refractivity contribution in [3.63, 3.8) is 0 Å². The van der Waals surface area contributed by atoms with Crippen LogP contribution in [0.5, 0.6) is 0 Å². The number of carbonyl (C=O) groups is 1. The molecular formula is C9H17NO3. The number of carbonyl (C=O) groups excluding carboxylic acids is 1. The monoisotopic (exact) mass is 187 g/mol. The molecule has 2 N–H and O–H groups in total. The van der Waals surface area contributed by atoms with Gasteiger partial charge in [0.1, 0.15) is 6.10 Å². The van der Waals surface area contributed by atoms with Crippen LogP contribution in [0.3, 0.4) is 0 Å². The van der Waals surface area contributed by atoms with E-state index in [0.29, 0.717) is 6.61 Å². The van der Waals surface area contributed by atoms with Crippen molar-refractivity contribution in [2.75, 3.05) is 13.2 Å². The zero-order valence-electron chi connectivity index (χ0n) is 8.17. The maximum Gasteiger partial charge on any atom is 0.249 e. The first-order chi connectivity index (χ1) is 5.99. The predicted octanol–water partition coefficient (Wildman–Crippen LogP) is 0.0525. The number of hydrogen-bond donors (Lipinski definition) is 2. The minimum atomic E-state index is -0.853. The summed E-state index contributed by atoms with van der Waals surface area (Å²) in [6.45, 7) is 4.25. The summed E-state index contributed by atoms with van der Waals surface area (Å²) in [5.74, 6) is -0.111. The fourth-order valence-electron chi connectivity index (χ4n) is 1.20. The average molecular weight is 187 g/mol. The molecule has 13 heavy (non-hydrogen) atoms. The molecule has 0 aliphatic carbocycles. The highest BCUT2D eigenvalue weighted by molar-refractivity contribution is 5.81. The quantitative estimate of drug-likeness (QED) is 0.656. The summed E-state index contributed by atoms with van der Waals surface area (Å²) in [5.41, 5.74) is -0.853. The van der Waals surface area contributed by atoms with Crippen LogP contribution in [0.1, 0.15) is 26.7 Å². The molecule has 0 spiro atoms. The highest BCUT2D eigenvalue weighted by Crippen LogP contribution is 2.11. The summed E-state index contributed by atoms with van der Waals surface area (Å²) in [7, 11) is 0. The van der Waals surface area contributed by atoms with E-state index in [9.17, 15) is 9.90 Å². The molecule has 1 aliphatic heterocycles. The Morgan fingerprint density at radius 3 is 2.85 bits per heavy atom. The van der Waals surface area contributed by atoms with Gasteiger partial charge in [-0.15, -0.1) is 0 Å². The van der Waals surface area contributed by atoms with Crippen LogP contribution in [-0.2, 0) is 9.53 Å². The zero-order valence-corrected chi connectivity index (χ0v) is 8.17. The van der Waals surface area contributed by atoms with Crippen LogP contribution < -0.4 is 5.32 Å². The Bertz CT molecular complexity index is 180. The van der Waals surface area contributed by atoms with Gasteiger partial charge in [-0.2, -0.15) is 0 Å². The molecule has 0 saturated carbocycles. The number of rotatable bonds is 3. The lowest BCUT2D eigenvalue weighted by Gasteiger charge is -2.19. The summed E-state index contributed by atoms with van der Waals surface area (Å²) in [6.07, 6.45) is 1.43. The lowest BCUT2D eigenvalue weighted by atomic mass is 10.1. The van der Waals surface area contributed by atoms with Crippen LogP contribution in [0.4, 0.5) is 0 Å². The second-order valence-corrected chi connectivity index (χ2v) is 4.03. The summed E-state index contributed by atoms with van der Waals surface area (Å²) in [6, 6.07) is 0. The van der Waals surface area contributed by atoms with Gasteiger partial charge >= 0.3 is 0 Å². The van der Waals surface area contributed by atoms with Crippen molar-refractivity contribution in [3.8, 4) is 0 Å². The zero-order chi connectivity index (χ0) is 9.90. The number of amides is 1. The van der Waals surface area contributed by atoms with Crippen molar-refractivity contribution in [2.24, 2.45) is 0 Å². The third-order valence-corrected chi connectivity index (χ3v) is 1.92. The summed E-state index contributed by atoms with van der Waals surface area (Å²) in [4.78, 5) is 11.3. The van der Waals surface area contributed by atoms with Gasteiger partial charge in [0.05, 0.1) is 5.60 Å². The molecule has 0 aromatic heterocycles. The van der Waals surface area contributed by atoms with Crippen LogP contribution in [0.25, 0.3) is 0 Å². The van der Waals surface area contributed by atoms with Gasteiger partial charge in [0.15, 0.2) is 0 Å². The maximum absolute atomic E-state index is 11.3. The van der Waals surface area contributed by atoms with Crippen LogP contribution in [-0.4, -0.2) is 35.9 Å². The van der Waals surface area contributed by atoms with Gasteiger partial charge in [0, 0.05) is 13.2 Å². The van der Waals surface area contributed by atoms with Gasteiger partial charge in [-0.05, 0) is 26.7 Å². The number of aliphatic hydroxyl groups is 1. The van der Waals surface area contributed by atoms with E-state index in [1.54, 1.807) is 13.8 Å². The fraction of sp³-hybridized carbons (Fsp3) is 0.889. The third-order valence-electron chi connectivity index (χ3n) is 1.92. The van der Waals surface area contributed by atoms with Crippen LogP contribution in [0.15, 0.2) is 0 Å². The van der Waals surface area contributed by atoms with Crippen molar-refractivity contribution in [1.82, 2.24) is 5.32 Å². The lowest BCUT2D eigenvalue weighted by Crippen LogP contribution is -2.42. The first-order valence-corrected chi connectivity index (χ1v) is 4.61. The molecule has 76 valence electrons. The number of ether oxygens (including phenoxy) is 1. The molecule has 1 saturated heterocycles. The van der Waals surface area contributed by atoms with E-state index in [-0.39, 0.29) is 18.6 Å². The first kappa shape index (κ1) is 10.5. The molecule has 1 heterocycles. The van der Waals surface area contributed by atoms with Crippen LogP contribution in [0.2, 0.25) is 0 Å². The van der Waals surface area contributed by atoms with E-state index in [1.165, 1.54) is 0 Å². The Hall–Kier alpha value is -0.610. The molecule has 4 nitrogen and oxygen atoms in total. The summed E-state index contributed by atoms with van der Waals surface area (Å²) in [5, 5.41) is 12.0. The van der Waals surface area contributed by atoms with Crippen molar-refractivity contribution in [2.45, 2.75) is 38.4 Å². The minimum Gasteiger partial charge on any atom is -0.389 e. The van der Waals surface area contributed by atoms with Gasteiger partial charge in [0.25, 0.3) is 0 Å². The molecule has 0 aromatic rings. The maximum atomic E-state index is 11.3. The predicted molar refractivity (Wildman–Crippen MR) is 48.3 cm³/mol. The molecule has 0 unspecified atom stereocenters. The van der Waals surface area contributed by atoms with Gasteiger partial charge in [-0.25, -0.2) is 0 Å². The normalized spacial score (nSPS) is 23.2. The van der Waals surface area contributed by atoms with Crippen molar-refractivity contribution < 1.29 is 14.6 Å². The molecule has 1 atom stereocenters. The molecular weight excluding hydrogens is 170 g/mol.